The smallest absolute Gasteiger partial charge is 0.195 e. The Morgan fingerprint density at radius 1 is 0.538 bits per heavy atom. The summed E-state index contributed by atoms with van der Waals surface area (Å²) in [5.41, 5.74) is 18.2. The zero-order chi connectivity index (χ0) is 45.0. The molecule has 0 atom stereocenters. The largest absolute Gasteiger partial charge is 0.497 e. The number of thiophene rings is 2. The summed E-state index contributed by atoms with van der Waals surface area (Å²) in [6.45, 7) is 1.39. The molecule has 0 radical (unpaired) electrons. The van der Waals surface area contributed by atoms with Gasteiger partial charge in [-0.15, -0.1) is 22.7 Å². The van der Waals surface area contributed by atoms with E-state index >= 15 is 0 Å². The first kappa shape index (κ1) is 47.1. The van der Waals surface area contributed by atoms with Crippen LogP contribution < -0.4 is 34.2 Å². The Labute approximate surface area is 385 Å². The van der Waals surface area contributed by atoms with Crippen LogP contribution in [0.3, 0.4) is 0 Å². The Balaban J connectivity index is 0.000000212. The van der Waals surface area contributed by atoms with Crippen molar-refractivity contribution in [1.82, 2.24) is 0 Å². The normalized spacial score (nSPS) is 10.5. The molecule has 0 fully saturated rings. The Kier molecular flexibility index (Phi) is 16.2. The summed E-state index contributed by atoms with van der Waals surface area (Å²) in [5.74, 6) is 4.22. The summed E-state index contributed by atoms with van der Waals surface area (Å²) >= 11 is 3.13. The van der Waals surface area contributed by atoms with Crippen molar-refractivity contribution in [3.8, 4) is 55.4 Å². The number of carbonyl (C=O) groups is 2. The highest BCUT2D eigenvalue weighted by atomic mass is 32.1. The van der Waals surface area contributed by atoms with Gasteiger partial charge >= 0.3 is 0 Å². The van der Waals surface area contributed by atoms with Gasteiger partial charge in [0.25, 0.3) is 0 Å². The molecule has 2 N–H and O–H groups in total. The molecule has 2 aromatic heterocycles. The molecular formula is C51H48N4O8S2. The van der Waals surface area contributed by atoms with Gasteiger partial charge in [-0.05, 0) is 150 Å². The van der Waals surface area contributed by atoms with E-state index in [9.17, 15) is 9.59 Å². The third kappa shape index (κ3) is 10.9. The van der Waals surface area contributed by atoms with E-state index in [1.807, 2.05) is 84.9 Å². The monoisotopic (exact) mass is 908 g/mol. The van der Waals surface area contributed by atoms with E-state index < -0.39 is 0 Å². The van der Waals surface area contributed by atoms with Crippen LogP contribution in [0.2, 0.25) is 0 Å². The Morgan fingerprint density at radius 2 is 0.908 bits per heavy atom. The second-order valence-corrected chi connectivity index (χ2v) is 16.0. The topological polar surface area (TPSA) is 164 Å². The molecule has 0 aliphatic carbocycles. The first-order valence-corrected chi connectivity index (χ1v) is 21.7. The van der Waals surface area contributed by atoms with Gasteiger partial charge in [0.1, 0.15) is 41.1 Å². The van der Waals surface area contributed by atoms with Gasteiger partial charge in [-0.25, -0.2) is 0 Å². The molecule has 2 heterocycles. The molecular weight excluding hydrogens is 861 g/mol. The Morgan fingerprint density at radius 3 is 1.28 bits per heavy atom. The number of benzene rings is 6. The quantitative estimate of drug-likeness (QED) is 0.0308. The van der Waals surface area contributed by atoms with Crippen molar-refractivity contribution in [3.05, 3.63) is 166 Å². The van der Waals surface area contributed by atoms with Crippen molar-refractivity contribution in [3.63, 3.8) is 0 Å². The zero-order valence-corrected chi connectivity index (χ0v) is 37.2. The molecule has 12 nitrogen and oxygen atoms in total. The second-order valence-electron chi connectivity index (χ2n) is 13.9. The van der Waals surface area contributed by atoms with E-state index in [0.717, 1.165) is 64.1 Å². The van der Waals surface area contributed by atoms with Gasteiger partial charge in [0.05, 0.1) is 41.6 Å². The highest BCUT2D eigenvalue weighted by Crippen LogP contribution is 2.43. The maximum atomic E-state index is 13.7. The molecule has 0 aliphatic heterocycles. The summed E-state index contributed by atoms with van der Waals surface area (Å²) in [5, 5.41) is 5.23. The fraction of sp³-hybridized carbons (Fsp3) is 0.176. The molecule has 14 heteroatoms. The van der Waals surface area contributed by atoms with E-state index in [0.29, 0.717) is 46.9 Å². The summed E-state index contributed by atoms with van der Waals surface area (Å²) < 4.78 is 34.4. The lowest BCUT2D eigenvalue weighted by Gasteiger charge is -2.08. The van der Waals surface area contributed by atoms with E-state index in [4.69, 9.17) is 39.7 Å². The summed E-state index contributed by atoms with van der Waals surface area (Å²) in [6.07, 6.45) is 0. The van der Waals surface area contributed by atoms with Gasteiger partial charge in [0, 0.05) is 63.6 Å². The van der Waals surface area contributed by atoms with Crippen molar-refractivity contribution in [2.24, 2.45) is 10.8 Å². The number of fused-ring (bicyclic) bond motifs is 2. The van der Waals surface area contributed by atoms with Crippen LogP contribution in [0, 0.1) is 0 Å². The molecule has 0 bridgehead atoms. The number of hydrogen-bond acceptors (Lipinski definition) is 12. The molecule has 6 aromatic carbocycles. The minimum atomic E-state index is -0.0714. The van der Waals surface area contributed by atoms with Gasteiger partial charge in [-0.2, -0.15) is 0 Å². The number of nitrogens with zero attached hydrogens (tertiary/aromatic N) is 3. The van der Waals surface area contributed by atoms with Gasteiger partial charge in [0.15, 0.2) is 11.6 Å². The number of rotatable bonds is 17. The van der Waals surface area contributed by atoms with E-state index in [1.54, 1.807) is 99.6 Å². The highest BCUT2D eigenvalue weighted by molar-refractivity contribution is 7.23. The first-order chi connectivity index (χ1) is 31.3. The van der Waals surface area contributed by atoms with Crippen molar-refractivity contribution in [2.75, 3.05) is 54.7 Å². The van der Waals surface area contributed by atoms with Crippen LogP contribution in [-0.4, -0.2) is 66.3 Å². The van der Waals surface area contributed by atoms with Gasteiger partial charge < -0.3 is 34.2 Å². The van der Waals surface area contributed by atoms with Crippen LogP contribution in [0.5, 0.6) is 34.5 Å². The van der Waals surface area contributed by atoms with E-state index in [1.165, 1.54) is 0 Å². The number of carbonyl (C=O) groups excluding carboxylic acids is 2. The average Bonchev–Trinajstić information content (AvgIpc) is 3.93. The molecule has 332 valence electrons. The van der Waals surface area contributed by atoms with Gasteiger partial charge in [-0.1, -0.05) is 12.5 Å². The lowest BCUT2D eigenvalue weighted by atomic mass is 9.97. The fourth-order valence-corrected chi connectivity index (χ4v) is 9.34. The number of azide groups is 1. The maximum absolute atomic E-state index is 13.7. The lowest BCUT2D eigenvalue weighted by Crippen LogP contribution is -2.10. The number of ether oxygens (including phenoxy) is 6. The first-order valence-electron chi connectivity index (χ1n) is 20.0. The standard InChI is InChI=1S/C25H21N3O4S.C25H23NO4S.CH4/c1-30-18-7-5-17(6-8-18)25-23(21-12-11-20(31-2)15-22(21)33-25)24(29)16-3-9-19(10-4-16)32-14-13-27-28-26;1-28-18-7-5-17(6-8-18)25-23(21-12-11-20(29-2)15-22(21)31-25)24(27)16-3-9-19(10-4-16)30-14-13-26;/h3-12,15H,13-14H2,1-2H3;3-12,15H,13-14,26H2,1-2H3;1H4. The number of methoxy groups -OCH3 is 4. The number of nitrogens with two attached hydrogens (primary N) is 1. The van der Waals surface area contributed by atoms with Crippen molar-refractivity contribution < 1.29 is 38.0 Å². The van der Waals surface area contributed by atoms with Crippen molar-refractivity contribution in [1.29, 1.82) is 0 Å². The summed E-state index contributed by atoms with van der Waals surface area (Å²) in [7, 11) is 6.53. The molecule has 8 rings (SSSR count). The van der Waals surface area contributed by atoms with Gasteiger partial charge in [-0.3, -0.25) is 9.59 Å². The minimum Gasteiger partial charge on any atom is -0.497 e. The van der Waals surface area contributed by atoms with Crippen molar-refractivity contribution in [2.45, 2.75) is 7.43 Å². The van der Waals surface area contributed by atoms with Crippen LogP contribution in [-0.2, 0) is 0 Å². The van der Waals surface area contributed by atoms with Crippen LogP contribution in [0.4, 0.5) is 0 Å². The third-order valence-electron chi connectivity index (χ3n) is 10.1. The predicted octanol–water partition coefficient (Wildman–Crippen LogP) is 12.3. The maximum Gasteiger partial charge on any atom is 0.195 e. The molecule has 0 saturated carbocycles. The second kappa shape index (κ2) is 22.3. The summed E-state index contributed by atoms with van der Waals surface area (Å²) in [6, 6.07) is 41.1. The number of hydrogen-bond donors (Lipinski definition) is 1. The fourth-order valence-electron chi connectivity index (χ4n) is 6.87. The van der Waals surface area contributed by atoms with E-state index in [2.05, 4.69) is 10.0 Å². The van der Waals surface area contributed by atoms with Gasteiger partial charge in [0.2, 0.25) is 0 Å². The molecule has 65 heavy (non-hydrogen) atoms. The van der Waals surface area contributed by atoms with Crippen LogP contribution in [0.25, 0.3) is 51.5 Å². The zero-order valence-electron chi connectivity index (χ0n) is 35.5. The molecule has 0 aliphatic rings. The average molecular weight is 909 g/mol. The Bertz CT molecular complexity index is 2920. The Hall–Kier alpha value is -7.35. The third-order valence-corrected chi connectivity index (χ3v) is 12.5. The van der Waals surface area contributed by atoms with Crippen LogP contribution in [0.15, 0.2) is 139 Å². The molecule has 0 saturated heterocycles. The highest BCUT2D eigenvalue weighted by Gasteiger charge is 2.24. The SMILES string of the molecule is C.COc1ccc(-c2sc3cc(OC)ccc3c2C(=O)c2ccc(OCCN)cc2)cc1.COc1ccc(-c2sc3cc(OC)ccc3c2C(=O)c2ccc(OCCN=[N+]=[N-])cc2)cc1. The molecule has 0 unspecified atom stereocenters. The lowest BCUT2D eigenvalue weighted by molar-refractivity contribution is 0.103. The van der Waals surface area contributed by atoms with Crippen LogP contribution in [0.1, 0.15) is 39.3 Å². The van der Waals surface area contributed by atoms with E-state index in [-0.39, 0.29) is 32.1 Å². The molecule has 0 spiro atoms. The minimum absolute atomic E-state index is 0. The molecule has 0 amide bonds. The summed E-state index contributed by atoms with van der Waals surface area (Å²) in [4.78, 5) is 31.8. The number of ketones is 2. The predicted molar refractivity (Wildman–Crippen MR) is 261 cm³/mol. The molecule has 8 aromatic rings. The van der Waals surface area contributed by atoms with Crippen LogP contribution >= 0.6 is 22.7 Å². The van der Waals surface area contributed by atoms with Crippen molar-refractivity contribution >= 4 is 54.4 Å².